The van der Waals surface area contributed by atoms with Gasteiger partial charge in [-0.3, -0.25) is 9.97 Å². The molecule has 3 heteroatoms. The van der Waals surface area contributed by atoms with Gasteiger partial charge in [-0.15, -0.1) is 0 Å². The lowest BCUT2D eigenvalue weighted by molar-refractivity contribution is 1.17. The molecule has 0 N–H and O–H groups in total. The van der Waals surface area contributed by atoms with Crippen molar-refractivity contribution in [2.45, 2.75) is 27.7 Å². The molecule has 0 unspecified atom stereocenters. The quantitative estimate of drug-likeness (QED) is 0.462. The number of nitrogens with zero attached hydrogens (tertiary/aromatic N) is 2. The van der Waals surface area contributed by atoms with E-state index in [1.54, 1.807) is 0 Å². The first-order chi connectivity index (χ1) is 8.59. The summed E-state index contributed by atoms with van der Waals surface area (Å²) in [6.07, 6.45) is 1.83. The van der Waals surface area contributed by atoms with Crippen molar-refractivity contribution in [1.82, 2.24) is 9.97 Å². The van der Waals surface area contributed by atoms with Crippen LogP contribution in [0, 0.1) is 27.7 Å². The minimum absolute atomic E-state index is 0. The normalized spacial score (nSPS) is 10.7. The Morgan fingerprint density at radius 3 is 2.47 bits per heavy atom. The van der Waals surface area contributed by atoms with Crippen molar-refractivity contribution in [1.29, 1.82) is 0 Å². The van der Waals surface area contributed by atoms with Gasteiger partial charge >= 0.3 is 0 Å². The van der Waals surface area contributed by atoms with Crippen molar-refractivity contribution in [3.63, 3.8) is 0 Å². The Hall–Kier alpha value is -1.74. The minimum Gasteiger partial charge on any atom is -0.256 e. The number of aryl methyl sites for hydroxylation is 3. The highest BCUT2D eigenvalue weighted by molar-refractivity contribution is 6.06. The fourth-order valence-electron chi connectivity index (χ4n) is 2.63. The van der Waals surface area contributed by atoms with Gasteiger partial charge in [0.1, 0.15) is 0 Å². The molecular formula is C16H20N2Si. The van der Waals surface area contributed by atoms with Crippen LogP contribution in [-0.2, 0) is 0 Å². The van der Waals surface area contributed by atoms with Gasteiger partial charge in [0.2, 0.25) is 0 Å². The van der Waals surface area contributed by atoms with Gasteiger partial charge in [-0.1, -0.05) is 0 Å². The summed E-state index contributed by atoms with van der Waals surface area (Å²) in [7, 11) is 0. The molecule has 3 rings (SSSR count). The highest BCUT2D eigenvalue weighted by Gasteiger charge is 2.11. The molecule has 0 amide bonds. The first-order valence-corrected chi connectivity index (χ1v) is 6.21. The van der Waals surface area contributed by atoms with E-state index in [1.807, 2.05) is 12.3 Å². The van der Waals surface area contributed by atoms with Crippen LogP contribution in [0.4, 0.5) is 0 Å². The fourth-order valence-corrected chi connectivity index (χ4v) is 2.63. The zero-order valence-corrected chi connectivity index (χ0v) is 11.2. The largest absolute Gasteiger partial charge is 0.256 e. The lowest BCUT2D eigenvalue weighted by atomic mass is 9.97. The number of pyridine rings is 2. The maximum absolute atomic E-state index is 4.78. The first-order valence-electron chi connectivity index (χ1n) is 6.21. The summed E-state index contributed by atoms with van der Waals surface area (Å²) < 4.78 is 0. The van der Waals surface area contributed by atoms with E-state index < -0.39 is 0 Å². The maximum atomic E-state index is 4.78. The number of aromatic nitrogens is 2. The molecule has 0 bridgehead atoms. The van der Waals surface area contributed by atoms with E-state index in [2.05, 4.69) is 44.8 Å². The van der Waals surface area contributed by atoms with Crippen LogP contribution in [0.15, 0.2) is 24.4 Å². The highest BCUT2D eigenvalue weighted by atomic mass is 28.1. The van der Waals surface area contributed by atoms with Crippen molar-refractivity contribution >= 4 is 32.8 Å². The van der Waals surface area contributed by atoms with Crippen molar-refractivity contribution in [3.8, 4) is 0 Å². The lowest BCUT2D eigenvalue weighted by Crippen LogP contribution is -1.96. The summed E-state index contributed by atoms with van der Waals surface area (Å²) in [5, 5.41) is 2.42. The molecule has 0 saturated carbocycles. The Morgan fingerprint density at radius 2 is 1.74 bits per heavy atom. The van der Waals surface area contributed by atoms with Crippen molar-refractivity contribution in [2.24, 2.45) is 0 Å². The number of hydrogen-bond acceptors (Lipinski definition) is 2. The van der Waals surface area contributed by atoms with Gasteiger partial charge in [0.05, 0.1) is 11.0 Å². The number of rotatable bonds is 0. The van der Waals surface area contributed by atoms with E-state index in [-0.39, 0.29) is 11.0 Å². The predicted molar refractivity (Wildman–Crippen MR) is 87.3 cm³/mol. The molecule has 0 saturated heterocycles. The second kappa shape index (κ2) is 4.74. The molecule has 3 aromatic rings. The smallest absolute Gasteiger partial charge is 0.0804 e. The first kappa shape index (κ1) is 13.7. The van der Waals surface area contributed by atoms with Crippen LogP contribution in [0.1, 0.15) is 22.4 Å². The number of hydrogen-bond donors (Lipinski definition) is 0. The average Bonchev–Trinajstić information content (AvgIpc) is 2.35. The molecule has 0 fully saturated rings. The van der Waals surface area contributed by atoms with Gasteiger partial charge < -0.3 is 0 Å². The second-order valence-electron chi connectivity index (χ2n) is 4.93. The third-order valence-electron chi connectivity index (χ3n) is 3.84. The van der Waals surface area contributed by atoms with Crippen molar-refractivity contribution in [2.75, 3.05) is 0 Å². The SMILES string of the molecule is Cc1nc2c(c(C)cc3ncccc32)c(C)c1C.[SiH4]. The van der Waals surface area contributed by atoms with E-state index in [1.165, 1.54) is 22.1 Å². The van der Waals surface area contributed by atoms with Gasteiger partial charge in [0, 0.05) is 22.7 Å². The third kappa shape index (κ3) is 1.94. The Bertz CT molecular complexity index is 779. The summed E-state index contributed by atoms with van der Waals surface area (Å²) >= 11 is 0. The van der Waals surface area contributed by atoms with Gasteiger partial charge in [0.15, 0.2) is 0 Å². The predicted octanol–water partition coefficient (Wildman–Crippen LogP) is 2.57. The molecular weight excluding hydrogens is 248 g/mol. The molecule has 0 radical (unpaired) electrons. The van der Waals surface area contributed by atoms with Crippen LogP contribution in [-0.4, -0.2) is 20.9 Å². The van der Waals surface area contributed by atoms with E-state index >= 15 is 0 Å². The molecule has 98 valence electrons. The van der Waals surface area contributed by atoms with Crippen molar-refractivity contribution in [3.05, 3.63) is 46.8 Å². The lowest BCUT2D eigenvalue weighted by Gasteiger charge is -2.13. The standard InChI is InChI=1S/C16H16N2.H4Si/c1-9-8-14-13(6-5-7-17-14)16-15(9)11(3)10(2)12(4)18-16;/h5-8H,1-4H3;1H4. The molecule has 0 aliphatic rings. The molecule has 2 heterocycles. The highest BCUT2D eigenvalue weighted by Crippen LogP contribution is 2.30. The Morgan fingerprint density at radius 1 is 1.00 bits per heavy atom. The maximum Gasteiger partial charge on any atom is 0.0804 e. The van der Waals surface area contributed by atoms with E-state index in [0.717, 1.165) is 22.1 Å². The van der Waals surface area contributed by atoms with Crippen LogP contribution < -0.4 is 0 Å². The average molecular weight is 268 g/mol. The third-order valence-corrected chi connectivity index (χ3v) is 3.84. The van der Waals surface area contributed by atoms with Gasteiger partial charge in [-0.05, 0) is 73.5 Å². The van der Waals surface area contributed by atoms with E-state index in [0.29, 0.717) is 0 Å². The monoisotopic (exact) mass is 268 g/mol. The summed E-state index contributed by atoms with van der Waals surface area (Å²) in [5.41, 5.74) is 7.09. The molecule has 19 heavy (non-hydrogen) atoms. The summed E-state index contributed by atoms with van der Waals surface area (Å²) in [6, 6.07) is 6.23. The van der Waals surface area contributed by atoms with Gasteiger partial charge in [0.25, 0.3) is 0 Å². The second-order valence-corrected chi connectivity index (χ2v) is 4.93. The van der Waals surface area contributed by atoms with Crippen LogP contribution in [0.3, 0.4) is 0 Å². The Balaban J connectivity index is 0.00000133. The molecule has 2 aromatic heterocycles. The van der Waals surface area contributed by atoms with Crippen LogP contribution >= 0.6 is 0 Å². The molecule has 0 atom stereocenters. The topological polar surface area (TPSA) is 25.8 Å². The minimum atomic E-state index is 0. The van der Waals surface area contributed by atoms with Crippen molar-refractivity contribution < 1.29 is 0 Å². The summed E-state index contributed by atoms with van der Waals surface area (Å²) in [6.45, 7) is 8.54. The van der Waals surface area contributed by atoms with Crippen LogP contribution in [0.25, 0.3) is 21.8 Å². The van der Waals surface area contributed by atoms with Crippen LogP contribution in [0.5, 0.6) is 0 Å². The summed E-state index contributed by atoms with van der Waals surface area (Å²) in [5.74, 6) is 0. The van der Waals surface area contributed by atoms with Gasteiger partial charge in [-0.25, -0.2) is 0 Å². The fraction of sp³-hybridized carbons (Fsp3) is 0.250. The van der Waals surface area contributed by atoms with Gasteiger partial charge in [-0.2, -0.15) is 0 Å². The number of benzene rings is 1. The zero-order chi connectivity index (χ0) is 12.9. The number of fused-ring (bicyclic) bond motifs is 3. The molecule has 1 aromatic carbocycles. The van der Waals surface area contributed by atoms with Crippen LogP contribution in [0.2, 0.25) is 0 Å². The molecule has 0 aliphatic heterocycles. The van der Waals surface area contributed by atoms with E-state index in [4.69, 9.17) is 4.98 Å². The zero-order valence-electron chi connectivity index (χ0n) is 11.2. The molecule has 2 nitrogen and oxygen atoms in total. The van der Waals surface area contributed by atoms with E-state index in [9.17, 15) is 0 Å². The Labute approximate surface area is 117 Å². The molecule has 0 aliphatic carbocycles. The summed E-state index contributed by atoms with van der Waals surface area (Å²) in [4.78, 5) is 9.22. The molecule has 0 spiro atoms. The Kier molecular flexibility index (Phi) is 3.41.